The van der Waals surface area contributed by atoms with Gasteiger partial charge >= 0.3 is 0 Å². The standard InChI is InChI=1S/C21H19FIN3O2/c1-13-9-16(14(2)26(13)18-6-4-5-17(22)11-18)12-24-25-21(27)15-7-8-19(23)20(10-15)28-3/h4-12H,1-3H3,(H,25,27)/b24-12-. The summed E-state index contributed by atoms with van der Waals surface area (Å²) in [6, 6.07) is 13.5. The van der Waals surface area contributed by atoms with Crippen LogP contribution in [0.2, 0.25) is 0 Å². The van der Waals surface area contributed by atoms with Crippen LogP contribution in [0.3, 0.4) is 0 Å². The van der Waals surface area contributed by atoms with E-state index in [1.54, 1.807) is 31.5 Å². The first-order valence-corrected chi connectivity index (χ1v) is 9.60. The molecule has 2 aromatic carbocycles. The van der Waals surface area contributed by atoms with Gasteiger partial charge in [0, 0.05) is 28.2 Å². The molecule has 0 bridgehead atoms. The zero-order chi connectivity index (χ0) is 20.3. The van der Waals surface area contributed by atoms with Crippen LogP contribution in [0, 0.1) is 23.2 Å². The third-order valence-corrected chi connectivity index (χ3v) is 5.21. The van der Waals surface area contributed by atoms with E-state index < -0.39 is 0 Å². The summed E-state index contributed by atoms with van der Waals surface area (Å²) in [5.74, 6) is 0.0150. The van der Waals surface area contributed by atoms with E-state index in [1.807, 2.05) is 36.6 Å². The molecule has 1 aromatic heterocycles. The molecule has 7 heteroatoms. The number of carbonyl (C=O) groups is 1. The van der Waals surface area contributed by atoms with Gasteiger partial charge in [-0.1, -0.05) is 6.07 Å². The summed E-state index contributed by atoms with van der Waals surface area (Å²) in [6.07, 6.45) is 1.58. The number of rotatable bonds is 5. The van der Waals surface area contributed by atoms with Crippen LogP contribution in [0.25, 0.3) is 5.69 Å². The number of amides is 1. The first kappa shape index (κ1) is 20.1. The number of nitrogens with zero attached hydrogens (tertiary/aromatic N) is 2. The molecule has 3 aromatic rings. The van der Waals surface area contributed by atoms with E-state index in [1.165, 1.54) is 12.1 Å². The van der Waals surface area contributed by atoms with Gasteiger partial charge in [-0.2, -0.15) is 5.10 Å². The highest BCUT2D eigenvalue weighted by Gasteiger charge is 2.11. The Morgan fingerprint density at radius 2 is 2.00 bits per heavy atom. The van der Waals surface area contributed by atoms with E-state index in [2.05, 4.69) is 33.1 Å². The van der Waals surface area contributed by atoms with Gasteiger partial charge in [0.25, 0.3) is 5.91 Å². The summed E-state index contributed by atoms with van der Waals surface area (Å²) in [7, 11) is 1.56. The number of hydrogen-bond acceptors (Lipinski definition) is 3. The van der Waals surface area contributed by atoms with Crippen molar-refractivity contribution < 1.29 is 13.9 Å². The highest BCUT2D eigenvalue weighted by Crippen LogP contribution is 2.22. The maximum absolute atomic E-state index is 13.6. The fraction of sp³-hybridized carbons (Fsp3) is 0.143. The number of carbonyl (C=O) groups excluding carboxylic acids is 1. The van der Waals surface area contributed by atoms with Crippen molar-refractivity contribution in [2.45, 2.75) is 13.8 Å². The molecule has 0 saturated carbocycles. The van der Waals surface area contributed by atoms with Crippen molar-refractivity contribution >= 4 is 34.7 Å². The van der Waals surface area contributed by atoms with Gasteiger partial charge in [-0.05, 0) is 78.9 Å². The van der Waals surface area contributed by atoms with Crippen molar-refractivity contribution in [1.82, 2.24) is 9.99 Å². The predicted molar refractivity (Wildman–Crippen MR) is 116 cm³/mol. The van der Waals surface area contributed by atoms with E-state index in [4.69, 9.17) is 4.74 Å². The molecule has 0 atom stereocenters. The molecule has 1 amide bonds. The topological polar surface area (TPSA) is 55.6 Å². The van der Waals surface area contributed by atoms with E-state index in [-0.39, 0.29) is 11.7 Å². The number of hydrazone groups is 1. The average molecular weight is 491 g/mol. The monoisotopic (exact) mass is 491 g/mol. The molecule has 3 rings (SSSR count). The maximum Gasteiger partial charge on any atom is 0.271 e. The van der Waals surface area contributed by atoms with Crippen molar-refractivity contribution in [1.29, 1.82) is 0 Å². The Balaban J connectivity index is 1.78. The average Bonchev–Trinajstić information content (AvgIpc) is 2.95. The molecule has 0 fully saturated rings. The van der Waals surface area contributed by atoms with Crippen LogP contribution in [0.15, 0.2) is 53.6 Å². The normalized spacial score (nSPS) is 11.0. The summed E-state index contributed by atoms with van der Waals surface area (Å²) < 4.78 is 21.7. The van der Waals surface area contributed by atoms with Crippen molar-refractivity contribution in [2.75, 3.05) is 7.11 Å². The van der Waals surface area contributed by atoms with E-state index in [0.29, 0.717) is 11.3 Å². The number of hydrogen-bond donors (Lipinski definition) is 1. The number of halogens is 2. The molecule has 144 valence electrons. The van der Waals surface area contributed by atoms with Crippen LogP contribution in [-0.2, 0) is 0 Å². The number of benzene rings is 2. The lowest BCUT2D eigenvalue weighted by Gasteiger charge is -2.09. The van der Waals surface area contributed by atoms with Crippen molar-refractivity contribution in [3.8, 4) is 11.4 Å². The van der Waals surface area contributed by atoms with E-state index in [0.717, 1.165) is 26.2 Å². The Morgan fingerprint density at radius 1 is 1.21 bits per heavy atom. The lowest BCUT2D eigenvalue weighted by atomic mass is 10.2. The van der Waals surface area contributed by atoms with Gasteiger partial charge in [0.05, 0.1) is 16.9 Å². The lowest BCUT2D eigenvalue weighted by molar-refractivity contribution is 0.0954. The quantitative estimate of drug-likeness (QED) is 0.322. The first-order valence-electron chi connectivity index (χ1n) is 8.52. The van der Waals surface area contributed by atoms with Gasteiger partial charge in [-0.15, -0.1) is 0 Å². The summed E-state index contributed by atoms with van der Waals surface area (Å²) in [6.45, 7) is 3.86. The third-order valence-electron chi connectivity index (χ3n) is 4.32. The van der Waals surface area contributed by atoms with Crippen LogP contribution in [0.4, 0.5) is 4.39 Å². The van der Waals surface area contributed by atoms with Gasteiger partial charge in [0.2, 0.25) is 0 Å². The van der Waals surface area contributed by atoms with Gasteiger partial charge in [0.1, 0.15) is 11.6 Å². The molecule has 0 spiro atoms. The fourth-order valence-electron chi connectivity index (χ4n) is 2.96. The highest BCUT2D eigenvalue weighted by atomic mass is 127. The van der Waals surface area contributed by atoms with Crippen molar-refractivity contribution in [3.63, 3.8) is 0 Å². The Kier molecular flexibility index (Phi) is 6.13. The molecule has 1 N–H and O–H groups in total. The molecule has 0 unspecified atom stereocenters. The van der Waals surface area contributed by atoms with Gasteiger partial charge in [-0.25, -0.2) is 9.82 Å². The number of ether oxygens (including phenoxy) is 1. The zero-order valence-electron chi connectivity index (χ0n) is 15.7. The molecule has 0 aliphatic rings. The van der Waals surface area contributed by atoms with Crippen molar-refractivity contribution in [3.05, 3.63) is 80.4 Å². The van der Waals surface area contributed by atoms with E-state index in [9.17, 15) is 9.18 Å². The van der Waals surface area contributed by atoms with Gasteiger partial charge in [0.15, 0.2) is 0 Å². The molecular weight excluding hydrogens is 472 g/mol. The second-order valence-corrected chi connectivity index (χ2v) is 7.35. The smallest absolute Gasteiger partial charge is 0.271 e. The number of methoxy groups -OCH3 is 1. The van der Waals surface area contributed by atoms with Crippen molar-refractivity contribution in [2.24, 2.45) is 5.10 Å². The fourth-order valence-corrected chi connectivity index (χ4v) is 3.51. The maximum atomic E-state index is 13.6. The van der Waals surface area contributed by atoms with Gasteiger partial charge < -0.3 is 9.30 Å². The van der Waals surface area contributed by atoms with Crippen LogP contribution in [-0.4, -0.2) is 23.8 Å². The van der Waals surface area contributed by atoms with Crippen LogP contribution in [0.5, 0.6) is 5.75 Å². The summed E-state index contributed by atoms with van der Waals surface area (Å²) >= 11 is 2.14. The van der Waals surface area contributed by atoms with E-state index >= 15 is 0 Å². The molecular formula is C21H19FIN3O2. The summed E-state index contributed by atoms with van der Waals surface area (Å²) in [4.78, 5) is 12.3. The second kappa shape index (κ2) is 8.55. The predicted octanol–water partition coefficient (Wildman–Crippen LogP) is 4.61. The highest BCUT2D eigenvalue weighted by molar-refractivity contribution is 14.1. The first-order chi connectivity index (χ1) is 13.4. The zero-order valence-corrected chi connectivity index (χ0v) is 17.8. The largest absolute Gasteiger partial charge is 0.496 e. The van der Waals surface area contributed by atoms with Crippen LogP contribution >= 0.6 is 22.6 Å². The number of nitrogens with one attached hydrogen (secondary N) is 1. The third kappa shape index (κ3) is 4.24. The minimum Gasteiger partial charge on any atom is -0.496 e. The summed E-state index contributed by atoms with van der Waals surface area (Å²) in [5, 5.41) is 4.07. The lowest BCUT2D eigenvalue weighted by Crippen LogP contribution is -2.17. The minimum absolute atomic E-state index is 0.291. The molecule has 28 heavy (non-hydrogen) atoms. The molecule has 1 heterocycles. The molecule has 0 aliphatic carbocycles. The Bertz CT molecular complexity index is 1060. The second-order valence-electron chi connectivity index (χ2n) is 6.19. The SMILES string of the molecule is COc1cc(C(=O)N/N=C\c2cc(C)n(-c3cccc(F)c3)c2C)ccc1I. The van der Waals surface area contributed by atoms with Gasteiger partial charge in [-0.3, -0.25) is 4.79 Å². The Hall–Kier alpha value is -2.68. The molecule has 0 saturated heterocycles. The molecule has 0 aliphatic heterocycles. The van der Waals surface area contributed by atoms with Crippen LogP contribution in [0.1, 0.15) is 27.3 Å². The van der Waals surface area contributed by atoms with Crippen LogP contribution < -0.4 is 10.2 Å². The number of aryl methyl sites for hydroxylation is 1. The molecule has 0 radical (unpaired) electrons. The minimum atomic E-state index is -0.329. The molecule has 5 nitrogen and oxygen atoms in total. The Morgan fingerprint density at radius 3 is 2.71 bits per heavy atom. The number of aromatic nitrogens is 1. The summed E-state index contributed by atoms with van der Waals surface area (Å²) in [5.41, 5.74) is 6.40. The Labute approximate surface area is 176 Å².